The molecule has 0 saturated carbocycles. The third-order valence-electron chi connectivity index (χ3n) is 9.65. The van der Waals surface area contributed by atoms with Gasteiger partial charge in [0, 0.05) is 25.6 Å². The van der Waals surface area contributed by atoms with Gasteiger partial charge in [0.2, 0.25) is 0 Å². The van der Waals surface area contributed by atoms with Crippen LogP contribution in [0, 0.1) is 0 Å². The van der Waals surface area contributed by atoms with Gasteiger partial charge in [-0.2, -0.15) is 0 Å². The van der Waals surface area contributed by atoms with Gasteiger partial charge in [-0.3, -0.25) is 9.98 Å². The quantitative estimate of drug-likeness (QED) is 0.0360. The minimum absolute atomic E-state index is 0.383. The first-order valence-corrected chi connectivity index (χ1v) is 20.8. The molecular formula is C46H64N2O6. The predicted molar refractivity (Wildman–Crippen MR) is 220 cm³/mol. The Bertz CT molecular complexity index is 1330. The second kappa shape index (κ2) is 26.3. The maximum absolute atomic E-state index is 5.96. The summed E-state index contributed by atoms with van der Waals surface area (Å²) in [6, 6.07) is 24.2. The summed E-state index contributed by atoms with van der Waals surface area (Å²) in [5, 5.41) is 0. The number of ether oxygens (including phenoxy) is 6. The van der Waals surface area contributed by atoms with Crippen molar-refractivity contribution in [1.82, 2.24) is 0 Å². The van der Waals surface area contributed by atoms with Crippen LogP contribution in [0.4, 0.5) is 11.4 Å². The Balaban J connectivity index is 0.846. The molecule has 0 amide bonds. The number of rotatable bonds is 32. The average Bonchev–Trinajstić information content (AvgIpc) is 4.15. The lowest BCUT2D eigenvalue weighted by Gasteiger charge is -2.07. The number of epoxide rings is 2. The molecule has 54 heavy (non-hydrogen) atoms. The maximum atomic E-state index is 5.96. The van der Waals surface area contributed by atoms with E-state index in [-0.39, 0.29) is 0 Å². The van der Waals surface area contributed by atoms with E-state index in [9.17, 15) is 0 Å². The summed E-state index contributed by atoms with van der Waals surface area (Å²) in [4.78, 5) is 9.28. The molecule has 8 nitrogen and oxygen atoms in total. The van der Waals surface area contributed by atoms with Gasteiger partial charge in [-0.05, 0) is 110 Å². The van der Waals surface area contributed by atoms with Crippen LogP contribution in [-0.2, 0) is 18.9 Å². The highest BCUT2D eigenvalue weighted by Crippen LogP contribution is 2.21. The molecule has 0 aliphatic carbocycles. The number of benzene rings is 3. The van der Waals surface area contributed by atoms with Crippen molar-refractivity contribution in [3.63, 3.8) is 0 Å². The van der Waals surface area contributed by atoms with Crippen molar-refractivity contribution in [2.75, 3.05) is 52.9 Å². The third kappa shape index (κ3) is 19.7. The minimum Gasteiger partial charge on any atom is -0.494 e. The molecule has 0 N–H and O–H groups in total. The van der Waals surface area contributed by atoms with E-state index in [4.69, 9.17) is 28.4 Å². The number of hydrogen-bond donors (Lipinski definition) is 0. The van der Waals surface area contributed by atoms with Gasteiger partial charge >= 0.3 is 0 Å². The van der Waals surface area contributed by atoms with Crippen molar-refractivity contribution in [2.24, 2.45) is 9.98 Å². The highest BCUT2D eigenvalue weighted by atomic mass is 16.6. The van der Waals surface area contributed by atoms with Gasteiger partial charge in [0.05, 0.1) is 51.0 Å². The van der Waals surface area contributed by atoms with Crippen LogP contribution in [0.3, 0.4) is 0 Å². The summed E-state index contributed by atoms with van der Waals surface area (Å²) < 4.78 is 33.4. The smallest absolute Gasteiger partial charge is 0.119 e. The average molecular weight is 741 g/mol. The molecule has 2 aliphatic heterocycles. The monoisotopic (exact) mass is 740 g/mol. The van der Waals surface area contributed by atoms with E-state index < -0.39 is 0 Å². The van der Waals surface area contributed by atoms with Crippen LogP contribution < -0.4 is 9.47 Å². The Morgan fingerprint density at radius 3 is 1.07 bits per heavy atom. The van der Waals surface area contributed by atoms with Gasteiger partial charge in [-0.15, -0.1) is 0 Å². The lowest BCUT2D eigenvalue weighted by molar-refractivity contribution is 0.113. The lowest BCUT2D eigenvalue weighted by atomic mass is 10.1. The summed E-state index contributed by atoms with van der Waals surface area (Å²) >= 11 is 0. The van der Waals surface area contributed by atoms with Gasteiger partial charge in [-0.25, -0.2) is 0 Å². The number of hydrogen-bond acceptors (Lipinski definition) is 8. The molecule has 0 spiro atoms. The molecular weight excluding hydrogens is 677 g/mol. The first kappa shape index (κ1) is 41.6. The fourth-order valence-electron chi connectivity index (χ4n) is 6.09. The first-order chi connectivity index (χ1) is 26.8. The second-order valence-electron chi connectivity index (χ2n) is 14.6. The minimum atomic E-state index is 0.383. The summed E-state index contributed by atoms with van der Waals surface area (Å²) in [5.74, 6) is 1.82. The SMILES string of the molecule is C(=Nc1ccc(N=Cc2ccc(OCCCCCCCCCCOCC3CO3)cc2)cc1)c1ccc(OCCCCCCCCCCOCC2CO2)cc1. The van der Waals surface area contributed by atoms with Crippen molar-refractivity contribution in [3.05, 3.63) is 83.9 Å². The largest absolute Gasteiger partial charge is 0.494 e. The molecule has 0 bridgehead atoms. The fraction of sp³-hybridized carbons (Fsp3) is 0.565. The van der Waals surface area contributed by atoms with Gasteiger partial charge < -0.3 is 28.4 Å². The zero-order chi connectivity index (χ0) is 37.1. The summed E-state index contributed by atoms with van der Waals surface area (Å²) in [5.41, 5.74) is 3.86. The highest BCUT2D eigenvalue weighted by molar-refractivity contribution is 5.83. The first-order valence-electron chi connectivity index (χ1n) is 20.8. The Morgan fingerprint density at radius 1 is 0.426 bits per heavy atom. The van der Waals surface area contributed by atoms with Gasteiger partial charge in [0.25, 0.3) is 0 Å². The van der Waals surface area contributed by atoms with Crippen molar-refractivity contribution in [2.45, 2.75) is 115 Å². The number of nitrogens with zero attached hydrogens (tertiary/aromatic N) is 2. The standard InChI is InChI=1S/C46H64N2O6/c1(5-9-13-29-49-35-45-37-53-45)3-7-11-15-31-51-43-25-17-39(18-26-43)33-47-41-21-23-42(24-22-41)48-34-40-19-27-44(28-20-40)52-32-16-12-8-4-2-6-10-14-30-50-36-46-38-54-46/h17-28,33-34,45-46H,1-16,29-32,35-38H2. The van der Waals surface area contributed by atoms with E-state index in [1.165, 1.54) is 89.9 Å². The molecule has 3 aromatic rings. The molecule has 8 heteroatoms. The summed E-state index contributed by atoms with van der Waals surface area (Å²) in [6.07, 6.45) is 24.4. The maximum Gasteiger partial charge on any atom is 0.119 e. The number of aliphatic imine (C=N–C) groups is 2. The molecule has 3 aromatic carbocycles. The molecule has 2 saturated heterocycles. The van der Waals surface area contributed by atoms with Crippen molar-refractivity contribution < 1.29 is 28.4 Å². The van der Waals surface area contributed by atoms with Crippen LogP contribution in [0.1, 0.15) is 114 Å². The zero-order valence-corrected chi connectivity index (χ0v) is 32.6. The van der Waals surface area contributed by atoms with Crippen molar-refractivity contribution in [1.29, 1.82) is 0 Å². The van der Waals surface area contributed by atoms with E-state index in [1.54, 1.807) is 0 Å². The van der Waals surface area contributed by atoms with Crippen LogP contribution in [-0.4, -0.2) is 77.5 Å². The van der Waals surface area contributed by atoms with Crippen LogP contribution >= 0.6 is 0 Å². The van der Waals surface area contributed by atoms with Crippen LogP contribution in [0.2, 0.25) is 0 Å². The van der Waals surface area contributed by atoms with Gasteiger partial charge in [0.15, 0.2) is 0 Å². The molecule has 0 radical (unpaired) electrons. The lowest BCUT2D eigenvalue weighted by Crippen LogP contribution is -2.02. The van der Waals surface area contributed by atoms with Crippen LogP contribution in [0.5, 0.6) is 11.5 Å². The molecule has 294 valence electrons. The topological polar surface area (TPSA) is 86.7 Å². The van der Waals surface area contributed by atoms with E-state index >= 15 is 0 Å². The van der Waals surface area contributed by atoms with Gasteiger partial charge in [0.1, 0.15) is 23.7 Å². The Labute approximate surface area is 324 Å². The highest BCUT2D eigenvalue weighted by Gasteiger charge is 2.22. The Hall–Kier alpha value is -3.56. The van der Waals surface area contributed by atoms with Crippen LogP contribution in [0.25, 0.3) is 0 Å². The second-order valence-corrected chi connectivity index (χ2v) is 14.6. The van der Waals surface area contributed by atoms with Crippen LogP contribution in [0.15, 0.2) is 82.8 Å². The van der Waals surface area contributed by atoms with Crippen molar-refractivity contribution >= 4 is 23.8 Å². The number of unbranched alkanes of at least 4 members (excludes halogenated alkanes) is 14. The molecule has 2 atom stereocenters. The third-order valence-corrected chi connectivity index (χ3v) is 9.65. The Morgan fingerprint density at radius 2 is 0.741 bits per heavy atom. The fourth-order valence-corrected chi connectivity index (χ4v) is 6.09. The van der Waals surface area contributed by atoms with Crippen molar-refractivity contribution in [3.8, 4) is 11.5 Å². The molecule has 2 heterocycles. The van der Waals surface area contributed by atoms with Gasteiger partial charge in [-0.1, -0.05) is 77.0 Å². The normalized spacial score (nSPS) is 16.4. The van der Waals surface area contributed by atoms with E-state index in [0.29, 0.717) is 12.2 Å². The molecule has 2 aliphatic rings. The van der Waals surface area contributed by atoms with E-state index in [1.807, 2.05) is 85.2 Å². The molecule has 0 aromatic heterocycles. The predicted octanol–water partition coefficient (Wildman–Crippen LogP) is 11.0. The zero-order valence-electron chi connectivity index (χ0n) is 32.6. The Kier molecular flexibility index (Phi) is 20.2. The van der Waals surface area contributed by atoms with E-state index in [0.717, 1.165) is 99.7 Å². The van der Waals surface area contributed by atoms with E-state index in [2.05, 4.69) is 9.98 Å². The summed E-state index contributed by atoms with van der Waals surface area (Å²) in [6.45, 7) is 6.59. The summed E-state index contributed by atoms with van der Waals surface area (Å²) in [7, 11) is 0. The molecule has 5 rings (SSSR count). The molecule has 2 unspecified atom stereocenters. The molecule has 2 fully saturated rings.